The van der Waals surface area contributed by atoms with Crippen molar-refractivity contribution in [3.05, 3.63) is 42.7 Å². The minimum atomic E-state index is 0.478. The Kier molecular flexibility index (Phi) is 16.1. The molecule has 0 saturated heterocycles. The van der Waals surface area contributed by atoms with E-state index in [0.29, 0.717) is 96.8 Å². The number of allylic oxidation sites excluding steroid dienone is 1. The van der Waals surface area contributed by atoms with Crippen LogP contribution in [0.3, 0.4) is 0 Å². The zero-order valence-electron chi connectivity index (χ0n) is 23.3. The molecule has 1 heterocycles. The third kappa shape index (κ3) is 11.8. The lowest BCUT2D eigenvalue weighted by Crippen LogP contribution is -2.34. The second kappa shape index (κ2) is 19.4. The number of ether oxygens (including phenoxy) is 6. The van der Waals surface area contributed by atoms with Gasteiger partial charge in [0.25, 0.3) is 0 Å². The van der Waals surface area contributed by atoms with Gasteiger partial charge in [0.05, 0.1) is 59.5 Å². The van der Waals surface area contributed by atoms with Crippen LogP contribution in [0.4, 0.5) is 17.6 Å². The van der Waals surface area contributed by atoms with Gasteiger partial charge in [-0.05, 0) is 24.6 Å². The van der Waals surface area contributed by atoms with E-state index in [4.69, 9.17) is 43.4 Å². The van der Waals surface area contributed by atoms with Gasteiger partial charge in [-0.2, -0.15) is 15.0 Å². The zero-order valence-corrected chi connectivity index (χ0v) is 23.3. The monoisotopic (exact) mass is 533 g/mol. The van der Waals surface area contributed by atoms with Gasteiger partial charge in [-0.15, -0.1) is 0 Å². The van der Waals surface area contributed by atoms with Crippen molar-refractivity contribution in [1.82, 2.24) is 15.0 Å². The van der Waals surface area contributed by atoms with Crippen molar-refractivity contribution >= 4 is 23.2 Å². The number of hydrogen-bond acceptors (Lipinski definition) is 11. The minimum Gasteiger partial charge on any atom is -0.382 e. The molecule has 11 nitrogen and oxygen atoms in total. The van der Waals surface area contributed by atoms with Crippen molar-refractivity contribution in [3.8, 4) is 0 Å². The summed E-state index contributed by atoms with van der Waals surface area (Å²) in [5, 5.41) is 0. The fourth-order valence-corrected chi connectivity index (χ4v) is 3.31. The van der Waals surface area contributed by atoms with Gasteiger partial charge < -0.3 is 38.2 Å². The van der Waals surface area contributed by atoms with Crippen LogP contribution in [0.25, 0.3) is 5.57 Å². The van der Waals surface area contributed by atoms with Gasteiger partial charge in [0, 0.05) is 46.7 Å². The molecule has 0 saturated carbocycles. The Balaban J connectivity index is 2.32. The molecule has 0 N–H and O–H groups in total. The smallest absolute Gasteiger partial charge is 0.235 e. The highest BCUT2D eigenvalue weighted by molar-refractivity contribution is 5.62. The Bertz CT molecular complexity index is 891. The lowest BCUT2D eigenvalue weighted by molar-refractivity contribution is 0.0675. The van der Waals surface area contributed by atoms with Crippen LogP contribution in [0.2, 0.25) is 0 Å². The Labute approximate surface area is 226 Å². The number of rotatable bonds is 22. The molecule has 38 heavy (non-hydrogen) atoms. The first-order chi connectivity index (χ1) is 18.6. The Morgan fingerprint density at radius 2 is 1.16 bits per heavy atom. The topological polar surface area (TPSA) is 101 Å². The largest absolute Gasteiger partial charge is 0.382 e. The molecule has 0 spiro atoms. The number of hydrogen-bond donors (Lipinski definition) is 0. The highest BCUT2D eigenvalue weighted by Gasteiger charge is 2.19. The van der Waals surface area contributed by atoms with Gasteiger partial charge in [-0.3, -0.25) is 0 Å². The molecule has 1 aromatic heterocycles. The molecule has 212 valence electrons. The third-order valence-corrected chi connectivity index (χ3v) is 5.35. The van der Waals surface area contributed by atoms with E-state index in [2.05, 4.69) is 6.58 Å². The maximum absolute atomic E-state index is 5.75. The van der Waals surface area contributed by atoms with E-state index in [1.807, 2.05) is 47.1 Å². The van der Waals surface area contributed by atoms with Crippen molar-refractivity contribution in [2.24, 2.45) is 0 Å². The van der Waals surface area contributed by atoms with E-state index in [1.165, 1.54) is 0 Å². The summed E-state index contributed by atoms with van der Waals surface area (Å²) in [5.74, 6) is 1.57. The van der Waals surface area contributed by atoms with Crippen molar-refractivity contribution in [2.75, 3.05) is 110 Å². The molecule has 0 aliphatic carbocycles. The molecule has 0 aliphatic rings. The summed E-state index contributed by atoms with van der Waals surface area (Å²) in [7, 11) is 4.96. The van der Waals surface area contributed by atoms with Crippen molar-refractivity contribution in [3.63, 3.8) is 0 Å². The fourth-order valence-electron chi connectivity index (χ4n) is 3.31. The average molecular weight is 534 g/mol. The summed E-state index contributed by atoms with van der Waals surface area (Å²) in [6.07, 6.45) is 0. The van der Waals surface area contributed by atoms with Gasteiger partial charge in [0.1, 0.15) is 0 Å². The molecular formula is C27H43N5O6. The van der Waals surface area contributed by atoms with Crippen LogP contribution in [0.15, 0.2) is 36.9 Å². The normalized spacial score (nSPS) is 11.1. The summed E-state index contributed by atoms with van der Waals surface area (Å²) in [5.41, 5.74) is 1.69. The quantitative estimate of drug-likeness (QED) is 0.209. The van der Waals surface area contributed by atoms with Crippen molar-refractivity contribution < 1.29 is 28.4 Å². The van der Waals surface area contributed by atoms with Crippen LogP contribution in [0.1, 0.15) is 12.7 Å². The van der Waals surface area contributed by atoms with E-state index in [-0.39, 0.29) is 0 Å². The number of para-hydroxylation sites is 1. The first-order valence-corrected chi connectivity index (χ1v) is 12.8. The molecular weight excluding hydrogens is 490 g/mol. The van der Waals surface area contributed by atoms with Crippen molar-refractivity contribution in [2.45, 2.75) is 6.92 Å². The molecule has 0 bridgehead atoms. The average Bonchev–Trinajstić information content (AvgIpc) is 2.93. The highest BCUT2D eigenvalue weighted by atomic mass is 16.5. The number of anilines is 3. The van der Waals surface area contributed by atoms with Gasteiger partial charge >= 0.3 is 0 Å². The van der Waals surface area contributed by atoms with E-state index >= 15 is 0 Å². The predicted octanol–water partition coefficient (Wildman–Crippen LogP) is 2.84. The summed E-state index contributed by atoms with van der Waals surface area (Å²) in [6.45, 7) is 12.3. The Hall–Kier alpha value is -2.67. The third-order valence-electron chi connectivity index (χ3n) is 5.35. The molecule has 2 aromatic rings. The van der Waals surface area contributed by atoms with Gasteiger partial charge in [-0.1, -0.05) is 24.8 Å². The summed E-state index contributed by atoms with van der Waals surface area (Å²) >= 11 is 0. The van der Waals surface area contributed by atoms with Crippen LogP contribution < -0.4 is 9.80 Å². The van der Waals surface area contributed by atoms with Crippen LogP contribution in [0, 0.1) is 0 Å². The van der Waals surface area contributed by atoms with Gasteiger partial charge in [0.2, 0.25) is 11.9 Å². The number of aromatic nitrogens is 3. The molecule has 2 rings (SSSR count). The fraction of sp³-hybridized carbons (Fsp3) is 0.593. The minimum absolute atomic E-state index is 0.478. The van der Waals surface area contributed by atoms with Crippen molar-refractivity contribution in [1.29, 1.82) is 0 Å². The molecule has 1 aromatic carbocycles. The molecule has 0 amide bonds. The Morgan fingerprint density at radius 1 is 0.658 bits per heavy atom. The van der Waals surface area contributed by atoms with Crippen LogP contribution in [-0.2, 0) is 28.4 Å². The second-order valence-corrected chi connectivity index (χ2v) is 8.33. The number of methoxy groups -OCH3 is 3. The number of nitrogens with zero attached hydrogens (tertiary/aromatic N) is 5. The molecule has 0 radical (unpaired) electrons. The van der Waals surface area contributed by atoms with Gasteiger partial charge in [-0.25, -0.2) is 0 Å². The van der Waals surface area contributed by atoms with E-state index in [1.54, 1.807) is 21.3 Å². The van der Waals surface area contributed by atoms with E-state index in [0.717, 1.165) is 11.3 Å². The second-order valence-electron chi connectivity index (χ2n) is 8.33. The van der Waals surface area contributed by atoms with E-state index < -0.39 is 0 Å². The van der Waals surface area contributed by atoms with Crippen LogP contribution in [-0.4, -0.2) is 115 Å². The van der Waals surface area contributed by atoms with E-state index in [9.17, 15) is 0 Å². The highest BCUT2D eigenvalue weighted by Crippen LogP contribution is 2.24. The van der Waals surface area contributed by atoms with Crippen LogP contribution in [0.5, 0.6) is 0 Å². The zero-order chi connectivity index (χ0) is 27.4. The molecule has 0 unspecified atom stereocenters. The standard InChI is InChI=1S/C27H43N5O6/c1-23(2)25-28-26(31(11-14-36-20-17-33-3)12-15-37-21-18-34-4)30-27(29-25)32(13-16-38-22-19-35-5)24-9-7-6-8-10-24/h6-10H,1,11-22H2,2-5H3. The lowest BCUT2D eigenvalue weighted by Gasteiger charge is -2.27. The number of benzene rings is 1. The Morgan fingerprint density at radius 3 is 1.66 bits per heavy atom. The summed E-state index contributed by atoms with van der Waals surface area (Å²) in [6, 6.07) is 9.98. The maximum atomic E-state index is 5.75. The maximum Gasteiger partial charge on any atom is 0.235 e. The molecule has 0 atom stereocenters. The summed E-state index contributed by atoms with van der Waals surface area (Å²) in [4.78, 5) is 18.4. The van der Waals surface area contributed by atoms with Gasteiger partial charge in [0.15, 0.2) is 5.82 Å². The summed E-state index contributed by atoms with van der Waals surface area (Å²) < 4.78 is 32.5. The molecule has 0 fully saturated rings. The SMILES string of the molecule is C=C(C)c1nc(N(CCOCCOC)CCOCCOC)nc(N(CCOCCOC)c2ccccc2)n1. The first-order valence-electron chi connectivity index (χ1n) is 12.8. The first kappa shape index (κ1) is 31.5. The lowest BCUT2D eigenvalue weighted by atomic mass is 10.3. The molecule has 11 heteroatoms. The molecule has 0 aliphatic heterocycles. The predicted molar refractivity (Wildman–Crippen MR) is 148 cm³/mol. The van der Waals surface area contributed by atoms with Crippen LogP contribution >= 0.6 is 0 Å².